The van der Waals surface area contributed by atoms with Crippen molar-refractivity contribution in [1.29, 1.82) is 0 Å². The minimum absolute atomic E-state index is 0.415. The first-order chi connectivity index (χ1) is 8.69. The average molecular weight is 308 g/mol. The summed E-state index contributed by atoms with van der Waals surface area (Å²) in [6.07, 6.45) is 1.70. The number of anilines is 1. The fourth-order valence-corrected chi connectivity index (χ4v) is 2.05. The summed E-state index contributed by atoms with van der Waals surface area (Å²) in [6.45, 7) is 2.42. The molecule has 2 aromatic rings. The molecule has 4 nitrogen and oxygen atoms in total. The van der Waals surface area contributed by atoms with Crippen LogP contribution >= 0.6 is 15.9 Å². The molecule has 0 amide bonds. The first kappa shape index (κ1) is 12.9. The van der Waals surface area contributed by atoms with Crippen LogP contribution in [0.2, 0.25) is 0 Å². The molecule has 0 aliphatic carbocycles. The van der Waals surface area contributed by atoms with Crippen molar-refractivity contribution in [2.45, 2.75) is 13.5 Å². The molecule has 0 saturated heterocycles. The summed E-state index contributed by atoms with van der Waals surface area (Å²) in [5, 5.41) is 0. The second-order valence-electron chi connectivity index (χ2n) is 3.88. The molecule has 94 valence electrons. The zero-order valence-corrected chi connectivity index (χ0v) is 11.6. The van der Waals surface area contributed by atoms with E-state index in [-0.39, 0.29) is 0 Å². The number of pyridine rings is 1. The van der Waals surface area contributed by atoms with E-state index in [1.165, 1.54) is 0 Å². The normalized spacial score (nSPS) is 10.2. The van der Waals surface area contributed by atoms with Crippen molar-refractivity contribution in [1.82, 2.24) is 4.98 Å². The first-order valence-corrected chi connectivity index (χ1v) is 6.29. The van der Waals surface area contributed by atoms with Crippen molar-refractivity contribution in [2.24, 2.45) is 5.84 Å². The van der Waals surface area contributed by atoms with E-state index in [9.17, 15) is 0 Å². The maximum absolute atomic E-state index is 5.73. The van der Waals surface area contributed by atoms with E-state index >= 15 is 0 Å². The number of nitrogens with two attached hydrogens (primary N) is 1. The quantitative estimate of drug-likeness (QED) is 0.673. The maximum atomic E-state index is 5.73. The van der Waals surface area contributed by atoms with Gasteiger partial charge in [0.15, 0.2) is 0 Å². The molecule has 0 aliphatic rings. The number of nitrogens with zero attached hydrogens (tertiary/aromatic N) is 1. The summed E-state index contributed by atoms with van der Waals surface area (Å²) in [6, 6.07) is 9.56. The number of hydrazine groups is 1. The fraction of sp³-hybridized carbons (Fsp3) is 0.154. The third-order valence-corrected chi connectivity index (χ3v) is 2.99. The van der Waals surface area contributed by atoms with Crippen molar-refractivity contribution in [3.05, 3.63) is 52.3 Å². The van der Waals surface area contributed by atoms with E-state index < -0.39 is 0 Å². The van der Waals surface area contributed by atoms with Crippen molar-refractivity contribution >= 4 is 21.6 Å². The predicted octanol–water partition coefficient (Wildman–Crippen LogP) is 3.02. The van der Waals surface area contributed by atoms with Gasteiger partial charge in [0.25, 0.3) is 0 Å². The Balaban J connectivity index is 2.06. The Bertz CT molecular complexity index is 546. The molecule has 0 spiro atoms. The molecule has 0 saturated carbocycles. The molecule has 2 rings (SSSR count). The summed E-state index contributed by atoms with van der Waals surface area (Å²) >= 11 is 3.42. The zero-order chi connectivity index (χ0) is 13.0. The van der Waals surface area contributed by atoms with Gasteiger partial charge in [0.05, 0.1) is 11.4 Å². The number of hydrogen-bond acceptors (Lipinski definition) is 4. The third-order valence-electron chi connectivity index (χ3n) is 2.50. The minimum Gasteiger partial charge on any atom is -0.487 e. The second kappa shape index (κ2) is 5.84. The van der Waals surface area contributed by atoms with Gasteiger partial charge in [-0.1, -0.05) is 15.9 Å². The van der Waals surface area contributed by atoms with Crippen LogP contribution in [0.15, 0.2) is 41.0 Å². The Morgan fingerprint density at radius 2 is 2.17 bits per heavy atom. The van der Waals surface area contributed by atoms with Gasteiger partial charge in [-0.2, -0.15) is 0 Å². The monoisotopic (exact) mass is 307 g/mol. The van der Waals surface area contributed by atoms with Gasteiger partial charge in [0.1, 0.15) is 12.4 Å². The van der Waals surface area contributed by atoms with Gasteiger partial charge < -0.3 is 10.2 Å². The van der Waals surface area contributed by atoms with Crippen molar-refractivity contribution in [3.8, 4) is 5.75 Å². The van der Waals surface area contributed by atoms with E-state index in [0.29, 0.717) is 6.61 Å². The highest BCUT2D eigenvalue weighted by Gasteiger charge is 2.02. The van der Waals surface area contributed by atoms with Crippen LogP contribution in [-0.2, 0) is 6.61 Å². The summed E-state index contributed by atoms with van der Waals surface area (Å²) in [4.78, 5) is 4.22. The highest BCUT2D eigenvalue weighted by Crippen LogP contribution is 2.23. The number of nitrogens with one attached hydrogen (secondary N) is 1. The van der Waals surface area contributed by atoms with E-state index in [4.69, 9.17) is 10.6 Å². The van der Waals surface area contributed by atoms with Crippen LogP contribution in [0.4, 0.5) is 5.69 Å². The van der Waals surface area contributed by atoms with E-state index in [1.54, 1.807) is 12.3 Å². The van der Waals surface area contributed by atoms with Crippen LogP contribution < -0.4 is 16.0 Å². The molecule has 0 atom stereocenters. The topological polar surface area (TPSA) is 60.2 Å². The number of hydrogen-bond donors (Lipinski definition) is 2. The number of rotatable bonds is 4. The summed E-state index contributed by atoms with van der Waals surface area (Å²) in [7, 11) is 0. The van der Waals surface area contributed by atoms with Crippen LogP contribution in [0.25, 0.3) is 0 Å². The molecule has 0 fully saturated rings. The summed E-state index contributed by atoms with van der Waals surface area (Å²) in [5.41, 5.74) is 5.31. The Labute approximate surface area is 114 Å². The molecular formula is C13H14BrN3O. The standard InChI is InChI=1S/C13H14BrN3O/c1-9-6-10(14)2-3-13(9)18-8-12-7-11(17-15)4-5-16-12/h2-7H,8,15H2,1H3,(H,16,17). The molecule has 0 radical (unpaired) electrons. The molecule has 0 bridgehead atoms. The van der Waals surface area contributed by atoms with Crippen LogP contribution in [0.1, 0.15) is 11.3 Å². The van der Waals surface area contributed by atoms with E-state index in [2.05, 4.69) is 26.3 Å². The van der Waals surface area contributed by atoms with Gasteiger partial charge in [-0.25, -0.2) is 0 Å². The molecular weight excluding hydrogens is 294 g/mol. The Morgan fingerprint density at radius 3 is 2.89 bits per heavy atom. The Morgan fingerprint density at radius 1 is 1.33 bits per heavy atom. The van der Waals surface area contributed by atoms with Crippen LogP contribution in [0.3, 0.4) is 0 Å². The Hall–Kier alpha value is -1.59. The van der Waals surface area contributed by atoms with Crippen molar-refractivity contribution < 1.29 is 4.74 Å². The SMILES string of the molecule is Cc1cc(Br)ccc1OCc1cc(NN)ccn1. The largest absolute Gasteiger partial charge is 0.487 e. The lowest BCUT2D eigenvalue weighted by Gasteiger charge is -2.09. The lowest BCUT2D eigenvalue weighted by atomic mass is 10.2. The molecule has 0 aliphatic heterocycles. The molecule has 1 heterocycles. The lowest BCUT2D eigenvalue weighted by Crippen LogP contribution is -2.08. The summed E-state index contributed by atoms with van der Waals surface area (Å²) < 4.78 is 6.77. The second-order valence-corrected chi connectivity index (χ2v) is 4.79. The lowest BCUT2D eigenvalue weighted by molar-refractivity contribution is 0.299. The minimum atomic E-state index is 0.415. The average Bonchev–Trinajstić information content (AvgIpc) is 2.38. The summed E-state index contributed by atoms with van der Waals surface area (Å²) in [5.74, 6) is 6.20. The molecule has 1 aromatic carbocycles. The fourth-order valence-electron chi connectivity index (χ4n) is 1.57. The van der Waals surface area contributed by atoms with Gasteiger partial charge in [-0.15, -0.1) is 0 Å². The first-order valence-electron chi connectivity index (χ1n) is 5.49. The van der Waals surface area contributed by atoms with Gasteiger partial charge >= 0.3 is 0 Å². The van der Waals surface area contributed by atoms with Gasteiger partial charge in [-0.3, -0.25) is 10.8 Å². The highest BCUT2D eigenvalue weighted by atomic mass is 79.9. The number of nitrogen functional groups attached to an aromatic ring is 1. The van der Waals surface area contributed by atoms with Crippen LogP contribution in [-0.4, -0.2) is 4.98 Å². The predicted molar refractivity (Wildman–Crippen MR) is 75.3 cm³/mol. The third kappa shape index (κ3) is 3.21. The van der Waals surface area contributed by atoms with Crippen LogP contribution in [0, 0.1) is 6.92 Å². The molecule has 18 heavy (non-hydrogen) atoms. The number of aryl methyl sites for hydroxylation is 1. The number of aromatic nitrogens is 1. The molecule has 1 aromatic heterocycles. The van der Waals surface area contributed by atoms with Crippen molar-refractivity contribution in [3.63, 3.8) is 0 Å². The smallest absolute Gasteiger partial charge is 0.130 e. The molecule has 5 heteroatoms. The van der Waals surface area contributed by atoms with Gasteiger partial charge in [0.2, 0.25) is 0 Å². The van der Waals surface area contributed by atoms with Gasteiger partial charge in [0, 0.05) is 10.7 Å². The van der Waals surface area contributed by atoms with Crippen LogP contribution in [0.5, 0.6) is 5.75 Å². The van der Waals surface area contributed by atoms with E-state index in [1.807, 2.05) is 31.2 Å². The van der Waals surface area contributed by atoms with E-state index in [0.717, 1.165) is 27.2 Å². The zero-order valence-electron chi connectivity index (χ0n) is 9.98. The Kier molecular flexibility index (Phi) is 4.17. The number of benzene rings is 1. The molecule has 0 unspecified atom stereocenters. The van der Waals surface area contributed by atoms with Gasteiger partial charge in [-0.05, 0) is 42.8 Å². The molecule has 3 N–H and O–H groups in total. The number of ether oxygens (including phenoxy) is 1. The maximum Gasteiger partial charge on any atom is 0.130 e. The highest BCUT2D eigenvalue weighted by molar-refractivity contribution is 9.10. The van der Waals surface area contributed by atoms with Crippen molar-refractivity contribution in [2.75, 3.05) is 5.43 Å². The number of halogens is 1.